The second kappa shape index (κ2) is 6.53. The van der Waals surface area contributed by atoms with Gasteiger partial charge in [-0.1, -0.05) is 0 Å². The van der Waals surface area contributed by atoms with Crippen molar-refractivity contribution in [3.8, 4) is 0 Å². The number of esters is 1. The molecular weight excluding hydrogens is 308 g/mol. The Morgan fingerprint density at radius 2 is 2.08 bits per heavy atom. The van der Waals surface area contributed by atoms with Crippen molar-refractivity contribution in [1.82, 2.24) is 19.7 Å². The van der Waals surface area contributed by atoms with Crippen molar-refractivity contribution in [2.75, 3.05) is 18.1 Å². The van der Waals surface area contributed by atoms with Gasteiger partial charge in [0.1, 0.15) is 5.82 Å². The minimum absolute atomic E-state index is 0.161. The Hall–Kier alpha value is -3.16. The molecule has 0 aliphatic carbocycles. The van der Waals surface area contributed by atoms with Gasteiger partial charge in [0, 0.05) is 30.1 Å². The Labute approximate surface area is 138 Å². The minimum Gasteiger partial charge on any atom is -0.462 e. The van der Waals surface area contributed by atoms with Crippen LogP contribution in [-0.4, -0.2) is 32.3 Å². The van der Waals surface area contributed by atoms with Gasteiger partial charge in [-0.05, 0) is 25.1 Å². The normalized spacial score (nSPS) is 10.9. The molecule has 2 heterocycles. The molecule has 8 heteroatoms. The summed E-state index contributed by atoms with van der Waals surface area (Å²) in [6, 6.07) is 7.06. The fraction of sp³-hybridized carbons (Fsp3) is 0.250. The molecule has 2 aromatic heterocycles. The van der Waals surface area contributed by atoms with Gasteiger partial charge >= 0.3 is 5.97 Å². The van der Waals surface area contributed by atoms with Crippen molar-refractivity contribution < 1.29 is 9.53 Å². The highest BCUT2D eigenvalue weighted by Gasteiger charge is 2.10. The minimum atomic E-state index is -0.334. The van der Waals surface area contributed by atoms with E-state index in [0.717, 1.165) is 16.6 Å². The van der Waals surface area contributed by atoms with E-state index < -0.39 is 0 Å². The zero-order chi connectivity index (χ0) is 17.1. The van der Waals surface area contributed by atoms with Crippen molar-refractivity contribution in [3.63, 3.8) is 0 Å². The van der Waals surface area contributed by atoms with Crippen molar-refractivity contribution in [2.45, 2.75) is 19.9 Å². The van der Waals surface area contributed by atoms with Gasteiger partial charge in [-0.15, -0.1) is 0 Å². The number of hydrogen-bond acceptors (Lipinski definition) is 7. The fourth-order valence-corrected chi connectivity index (χ4v) is 2.49. The third-order valence-electron chi connectivity index (χ3n) is 3.55. The number of nitrogens with two attached hydrogens (primary N) is 2. The van der Waals surface area contributed by atoms with E-state index in [1.54, 1.807) is 31.3 Å². The third-order valence-corrected chi connectivity index (χ3v) is 3.55. The number of hydrogen-bond donors (Lipinski definition) is 2. The third kappa shape index (κ3) is 3.27. The molecule has 0 fully saturated rings. The average Bonchev–Trinajstić information content (AvgIpc) is 2.94. The summed E-state index contributed by atoms with van der Waals surface area (Å²) in [6.07, 6.45) is 2.34. The van der Waals surface area contributed by atoms with E-state index in [4.69, 9.17) is 16.2 Å². The van der Waals surface area contributed by atoms with Gasteiger partial charge in [-0.25, -0.2) is 9.78 Å². The number of benzene rings is 1. The Kier molecular flexibility index (Phi) is 4.28. The number of carbonyl (C=O) groups is 1. The van der Waals surface area contributed by atoms with Crippen molar-refractivity contribution >= 4 is 28.6 Å². The molecule has 0 aliphatic rings. The summed E-state index contributed by atoms with van der Waals surface area (Å²) in [5.41, 5.74) is 13.5. The van der Waals surface area contributed by atoms with Gasteiger partial charge in [0.05, 0.1) is 23.9 Å². The van der Waals surface area contributed by atoms with Crippen LogP contribution < -0.4 is 11.5 Å². The number of anilines is 2. The van der Waals surface area contributed by atoms with Gasteiger partial charge in [0.25, 0.3) is 0 Å². The first-order valence-electron chi connectivity index (χ1n) is 7.58. The lowest BCUT2D eigenvalue weighted by Gasteiger charge is -2.06. The van der Waals surface area contributed by atoms with E-state index in [1.165, 1.54) is 0 Å². The molecule has 0 spiro atoms. The molecule has 0 atom stereocenters. The van der Waals surface area contributed by atoms with E-state index in [2.05, 4.69) is 15.1 Å². The molecule has 0 aliphatic heterocycles. The van der Waals surface area contributed by atoms with Crippen LogP contribution in [0.3, 0.4) is 0 Å². The van der Waals surface area contributed by atoms with Crippen molar-refractivity contribution in [3.05, 3.63) is 41.7 Å². The summed E-state index contributed by atoms with van der Waals surface area (Å²) in [4.78, 5) is 19.8. The number of nitrogen functional groups attached to an aromatic ring is 2. The summed E-state index contributed by atoms with van der Waals surface area (Å²) >= 11 is 0. The average molecular weight is 326 g/mol. The monoisotopic (exact) mass is 326 g/mol. The first-order valence-corrected chi connectivity index (χ1v) is 7.58. The largest absolute Gasteiger partial charge is 0.462 e. The summed E-state index contributed by atoms with van der Waals surface area (Å²) in [5, 5.41) is 5.24. The Morgan fingerprint density at radius 3 is 2.83 bits per heavy atom. The van der Waals surface area contributed by atoms with Crippen molar-refractivity contribution in [2.24, 2.45) is 0 Å². The summed E-state index contributed by atoms with van der Waals surface area (Å²) in [6.45, 7) is 2.74. The molecule has 0 unspecified atom stereocenters. The molecule has 0 bridgehead atoms. The van der Waals surface area contributed by atoms with E-state index >= 15 is 0 Å². The Morgan fingerprint density at radius 1 is 1.25 bits per heavy atom. The molecule has 0 amide bonds. The zero-order valence-electron chi connectivity index (χ0n) is 13.3. The number of fused-ring (bicyclic) bond motifs is 1. The van der Waals surface area contributed by atoms with E-state index in [0.29, 0.717) is 31.0 Å². The highest BCUT2D eigenvalue weighted by Crippen LogP contribution is 2.17. The molecule has 3 rings (SSSR count). The van der Waals surface area contributed by atoms with Crippen LogP contribution >= 0.6 is 0 Å². The van der Waals surface area contributed by atoms with Gasteiger partial charge < -0.3 is 16.2 Å². The quantitative estimate of drug-likeness (QED) is 0.680. The van der Waals surface area contributed by atoms with E-state index in [9.17, 15) is 4.79 Å². The van der Waals surface area contributed by atoms with Crippen molar-refractivity contribution in [1.29, 1.82) is 0 Å². The lowest BCUT2D eigenvalue weighted by atomic mass is 10.1. The lowest BCUT2D eigenvalue weighted by molar-refractivity contribution is 0.0526. The zero-order valence-corrected chi connectivity index (χ0v) is 13.3. The lowest BCUT2D eigenvalue weighted by Crippen LogP contribution is -2.08. The number of aryl methyl sites for hydroxylation is 2. The first-order chi connectivity index (χ1) is 11.6. The topological polar surface area (TPSA) is 122 Å². The predicted molar refractivity (Wildman–Crippen MR) is 90.3 cm³/mol. The predicted octanol–water partition coefficient (Wildman–Crippen LogP) is 1.41. The van der Waals surface area contributed by atoms with E-state index in [1.807, 2.05) is 10.7 Å². The van der Waals surface area contributed by atoms with Gasteiger partial charge in [0.15, 0.2) is 0 Å². The molecule has 1 aromatic carbocycles. The second-order valence-corrected chi connectivity index (χ2v) is 5.25. The molecule has 8 nitrogen and oxygen atoms in total. The molecule has 4 N–H and O–H groups in total. The number of rotatable bonds is 5. The molecule has 24 heavy (non-hydrogen) atoms. The number of nitrogens with zero attached hydrogens (tertiary/aromatic N) is 4. The van der Waals surface area contributed by atoms with Crippen LogP contribution in [0.5, 0.6) is 0 Å². The summed E-state index contributed by atoms with van der Waals surface area (Å²) in [7, 11) is 0. The van der Waals surface area contributed by atoms with E-state index in [-0.39, 0.29) is 11.9 Å². The highest BCUT2D eigenvalue weighted by atomic mass is 16.5. The number of ether oxygens (including phenoxy) is 1. The fourth-order valence-electron chi connectivity index (χ4n) is 2.49. The Balaban J connectivity index is 1.79. The van der Waals surface area contributed by atoms with Gasteiger partial charge in [-0.3, -0.25) is 4.68 Å². The highest BCUT2D eigenvalue weighted by molar-refractivity contribution is 5.94. The van der Waals surface area contributed by atoms with Gasteiger partial charge in [0.2, 0.25) is 5.95 Å². The van der Waals surface area contributed by atoms with Crippen LogP contribution in [0.4, 0.5) is 11.8 Å². The maximum atomic E-state index is 11.8. The molecule has 0 radical (unpaired) electrons. The SMILES string of the molecule is CCOC(=O)c1ccc2c(cnn2CCc2cc(N)nc(N)n2)c1. The van der Waals surface area contributed by atoms with Crippen LogP contribution in [-0.2, 0) is 17.7 Å². The molecule has 124 valence electrons. The number of carbonyl (C=O) groups excluding carboxylic acids is 1. The molecule has 3 aromatic rings. The number of aromatic nitrogens is 4. The summed E-state index contributed by atoms with van der Waals surface area (Å²) < 4.78 is 6.85. The smallest absolute Gasteiger partial charge is 0.338 e. The van der Waals surface area contributed by atoms with Crippen LogP contribution in [0, 0.1) is 0 Å². The maximum absolute atomic E-state index is 11.8. The van der Waals surface area contributed by atoms with Crippen LogP contribution in [0.15, 0.2) is 30.5 Å². The molecule has 0 saturated carbocycles. The first kappa shape index (κ1) is 15.7. The molecule has 0 saturated heterocycles. The van der Waals surface area contributed by atoms with Crippen LogP contribution in [0.2, 0.25) is 0 Å². The standard InChI is InChI=1S/C16H18N6O2/c1-2-24-15(23)10-3-4-13-11(7-10)9-19-22(13)6-5-12-8-14(17)21-16(18)20-12/h3-4,7-9H,2,5-6H2,1H3,(H4,17,18,20,21). The maximum Gasteiger partial charge on any atom is 0.338 e. The Bertz CT molecular complexity index is 869. The van der Waals surface area contributed by atoms with Gasteiger partial charge in [-0.2, -0.15) is 10.1 Å². The molecular formula is C16H18N6O2. The summed E-state index contributed by atoms with van der Waals surface area (Å²) in [5.74, 6) is 0.176. The van der Waals surface area contributed by atoms with Crippen LogP contribution in [0.25, 0.3) is 10.9 Å². The van der Waals surface area contributed by atoms with Crippen LogP contribution in [0.1, 0.15) is 23.0 Å². The second-order valence-electron chi connectivity index (χ2n) is 5.25.